The van der Waals surface area contributed by atoms with E-state index in [-0.39, 0.29) is 0 Å². The number of methoxy groups -OCH3 is 1. The van der Waals surface area contributed by atoms with Crippen molar-refractivity contribution >= 4 is 17.6 Å². The monoisotopic (exact) mass is 313 g/mol. The average molecular weight is 314 g/mol. The summed E-state index contributed by atoms with van der Waals surface area (Å²) in [6.45, 7) is 0. The molecule has 0 unspecified atom stereocenters. The molecule has 4 nitrogen and oxygen atoms in total. The standard InChI is InChI=1S/C17H12ClNO3/c1-21-17(20)14-5-3-2-4-13(14)15-10-16(22-19-15)11-6-8-12(18)9-7-11/h2-10H,1H3. The van der Waals surface area contributed by atoms with Gasteiger partial charge in [-0.05, 0) is 30.3 Å². The summed E-state index contributed by atoms with van der Waals surface area (Å²) in [4.78, 5) is 11.8. The molecule has 0 amide bonds. The van der Waals surface area contributed by atoms with Crippen molar-refractivity contribution in [2.45, 2.75) is 0 Å². The highest BCUT2D eigenvalue weighted by atomic mass is 35.5. The number of halogens is 1. The van der Waals surface area contributed by atoms with Gasteiger partial charge in [0.1, 0.15) is 5.69 Å². The predicted octanol–water partition coefficient (Wildman–Crippen LogP) is 4.45. The molecule has 0 bridgehead atoms. The summed E-state index contributed by atoms with van der Waals surface area (Å²) in [6, 6.07) is 16.1. The molecule has 0 aliphatic carbocycles. The van der Waals surface area contributed by atoms with Crippen LogP contribution in [0, 0.1) is 0 Å². The van der Waals surface area contributed by atoms with Gasteiger partial charge in [-0.3, -0.25) is 0 Å². The predicted molar refractivity (Wildman–Crippen MR) is 83.7 cm³/mol. The summed E-state index contributed by atoms with van der Waals surface area (Å²) in [6.07, 6.45) is 0. The van der Waals surface area contributed by atoms with E-state index in [4.69, 9.17) is 20.9 Å². The summed E-state index contributed by atoms with van der Waals surface area (Å²) in [7, 11) is 1.35. The molecule has 0 saturated heterocycles. The van der Waals surface area contributed by atoms with E-state index in [9.17, 15) is 4.79 Å². The smallest absolute Gasteiger partial charge is 0.338 e. The lowest BCUT2D eigenvalue weighted by Crippen LogP contribution is -2.03. The minimum Gasteiger partial charge on any atom is -0.465 e. The quantitative estimate of drug-likeness (QED) is 0.670. The molecular formula is C17H12ClNO3. The van der Waals surface area contributed by atoms with E-state index in [1.807, 2.05) is 18.2 Å². The lowest BCUT2D eigenvalue weighted by molar-refractivity contribution is 0.0601. The first-order chi connectivity index (χ1) is 10.7. The van der Waals surface area contributed by atoms with Crippen molar-refractivity contribution in [3.05, 3.63) is 65.2 Å². The van der Waals surface area contributed by atoms with Crippen LogP contribution in [-0.4, -0.2) is 18.2 Å². The third kappa shape index (κ3) is 2.73. The maximum Gasteiger partial charge on any atom is 0.338 e. The highest BCUT2D eigenvalue weighted by Gasteiger charge is 2.16. The van der Waals surface area contributed by atoms with Crippen LogP contribution in [0.1, 0.15) is 10.4 Å². The van der Waals surface area contributed by atoms with E-state index in [0.717, 1.165) is 5.56 Å². The van der Waals surface area contributed by atoms with Gasteiger partial charge in [-0.25, -0.2) is 4.79 Å². The van der Waals surface area contributed by atoms with Gasteiger partial charge in [0.2, 0.25) is 0 Å². The second kappa shape index (κ2) is 6.03. The number of benzene rings is 2. The zero-order chi connectivity index (χ0) is 15.5. The third-order valence-corrected chi connectivity index (χ3v) is 3.50. The Morgan fingerprint density at radius 3 is 2.59 bits per heavy atom. The second-order valence-electron chi connectivity index (χ2n) is 4.62. The molecule has 0 aliphatic rings. The molecule has 2 aromatic carbocycles. The number of ether oxygens (including phenoxy) is 1. The molecule has 0 saturated carbocycles. The fourth-order valence-corrected chi connectivity index (χ4v) is 2.27. The summed E-state index contributed by atoms with van der Waals surface area (Å²) in [5.41, 5.74) is 2.55. The maximum atomic E-state index is 11.8. The molecule has 0 spiro atoms. The second-order valence-corrected chi connectivity index (χ2v) is 5.06. The van der Waals surface area contributed by atoms with Crippen LogP contribution in [-0.2, 0) is 4.74 Å². The Kier molecular flexibility index (Phi) is 3.94. The van der Waals surface area contributed by atoms with Crippen LogP contribution in [0.25, 0.3) is 22.6 Å². The topological polar surface area (TPSA) is 52.3 Å². The van der Waals surface area contributed by atoms with Crippen LogP contribution in [0.4, 0.5) is 0 Å². The van der Waals surface area contributed by atoms with Crippen LogP contribution in [0.5, 0.6) is 0 Å². The van der Waals surface area contributed by atoms with Gasteiger partial charge in [0.25, 0.3) is 0 Å². The minimum atomic E-state index is -0.411. The largest absolute Gasteiger partial charge is 0.465 e. The molecule has 1 heterocycles. The number of esters is 1. The van der Waals surface area contributed by atoms with E-state index < -0.39 is 5.97 Å². The normalized spacial score (nSPS) is 10.5. The first kappa shape index (κ1) is 14.4. The Balaban J connectivity index is 2.01. The van der Waals surface area contributed by atoms with Gasteiger partial charge in [-0.15, -0.1) is 0 Å². The molecule has 1 aromatic heterocycles. The molecule has 0 fully saturated rings. The lowest BCUT2D eigenvalue weighted by atomic mass is 10.0. The molecule has 0 N–H and O–H groups in total. The molecular weight excluding hydrogens is 302 g/mol. The fourth-order valence-electron chi connectivity index (χ4n) is 2.15. The van der Waals surface area contributed by atoms with Gasteiger partial charge < -0.3 is 9.26 Å². The number of hydrogen-bond acceptors (Lipinski definition) is 4. The summed E-state index contributed by atoms with van der Waals surface area (Å²) >= 11 is 5.87. The van der Waals surface area contributed by atoms with Crippen molar-refractivity contribution < 1.29 is 14.1 Å². The van der Waals surface area contributed by atoms with Crippen molar-refractivity contribution in [1.82, 2.24) is 5.16 Å². The SMILES string of the molecule is COC(=O)c1ccccc1-c1cc(-c2ccc(Cl)cc2)on1. The van der Waals surface area contributed by atoms with Crippen LogP contribution < -0.4 is 0 Å². The van der Waals surface area contributed by atoms with Crippen molar-refractivity contribution in [2.75, 3.05) is 7.11 Å². The molecule has 110 valence electrons. The number of nitrogens with zero attached hydrogens (tertiary/aromatic N) is 1. The third-order valence-electron chi connectivity index (χ3n) is 3.25. The van der Waals surface area contributed by atoms with Crippen molar-refractivity contribution in [2.24, 2.45) is 0 Å². The van der Waals surface area contributed by atoms with E-state index >= 15 is 0 Å². The van der Waals surface area contributed by atoms with Crippen molar-refractivity contribution in [1.29, 1.82) is 0 Å². The maximum absolute atomic E-state index is 11.8. The summed E-state index contributed by atoms with van der Waals surface area (Å²) in [5, 5.41) is 4.70. The first-order valence-corrected chi connectivity index (χ1v) is 6.97. The van der Waals surface area contributed by atoms with E-state index in [2.05, 4.69) is 5.16 Å². The molecule has 0 atom stereocenters. The zero-order valence-electron chi connectivity index (χ0n) is 11.7. The molecule has 5 heteroatoms. The Hall–Kier alpha value is -2.59. The average Bonchev–Trinajstić information content (AvgIpc) is 3.04. The van der Waals surface area contributed by atoms with Crippen LogP contribution >= 0.6 is 11.6 Å². The molecule has 3 aromatic rings. The van der Waals surface area contributed by atoms with Gasteiger partial charge in [-0.2, -0.15) is 0 Å². The number of rotatable bonds is 3. The molecule has 0 aliphatic heterocycles. The zero-order valence-corrected chi connectivity index (χ0v) is 12.5. The minimum absolute atomic E-state index is 0.411. The van der Waals surface area contributed by atoms with Gasteiger partial charge in [-0.1, -0.05) is 35.0 Å². The van der Waals surface area contributed by atoms with Crippen molar-refractivity contribution in [3.63, 3.8) is 0 Å². The van der Waals surface area contributed by atoms with Gasteiger partial charge in [0.05, 0.1) is 12.7 Å². The summed E-state index contributed by atoms with van der Waals surface area (Å²) in [5.74, 6) is 0.193. The van der Waals surface area contributed by atoms with E-state index in [1.165, 1.54) is 7.11 Å². The molecule has 3 rings (SSSR count). The van der Waals surface area contributed by atoms with Crippen LogP contribution in [0.2, 0.25) is 5.02 Å². The highest BCUT2D eigenvalue weighted by molar-refractivity contribution is 6.30. The molecule has 0 radical (unpaired) electrons. The first-order valence-electron chi connectivity index (χ1n) is 6.59. The fraction of sp³-hybridized carbons (Fsp3) is 0.0588. The van der Waals surface area contributed by atoms with Gasteiger partial charge in [0.15, 0.2) is 5.76 Å². The molecule has 22 heavy (non-hydrogen) atoms. The Bertz CT molecular complexity index is 809. The van der Waals surface area contributed by atoms with E-state index in [1.54, 1.807) is 36.4 Å². The Morgan fingerprint density at radius 2 is 1.86 bits per heavy atom. The Morgan fingerprint density at radius 1 is 1.14 bits per heavy atom. The van der Waals surface area contributed by atoms with Crippen LogP contribution in [0.3, 0.4) is 0 Å². The highest BCUT2D eigenvalue weighted by Crippen LogP contribution is 2.29. The van der Waals surface area contributed by atoms with E-state index in [0.29, 0.717) is 27.6 Å². The van der Waals surface area contributed by atoms with Crippen LogP contribution in [0.15, 0.2) is 59.1 Å². The lowest BCUT2D eigenvalue weighted by Gasteiger charge is -2.03. The number of aromatic nitrogens is 1. The number of carbonyl (C=O) groups excluding carboxylic acids is 1. The van der Waals surface area contributed by atoms with Crippen molar-refractivity contribution in [3.8, 4) is 22.6 Å². The number of carbonyl (C=O) groups is 1. The van der Waals surface area contributed by atoms with Gasteiger partial charge >= 0.3 is 5.97 Å². The summed E-state index contributed by atoms with van der Waals surface area (Å²) < 4.78 is 10.2. The van der Waals surface area contributed by atoms with Gasteiger partial charge in [0, 0.05) is 22.2 Å². The Labute approximate surface area is 132 Å². The number of hydrogen-bond donors (Lipinski definition) is 0.